The average molecular weight is 487 g/mol. The van der Waals surface area contributed by atoms with Crippen molar-refractivity contribution in [3.05, 3.63) is 47.5 Å². The molecule has 9 heteroatoms. The molecular formula is C26H34N2O7. The molecule has 2 aromatic carbocycles. The predicted octanol–water partition coefficient (Wildman–Crippen LogP) is 2.73. The van der Waals surface area contributed by atoms with Crippen molar-refractivity contribution in [2.75, 3.05) is 61.8 Å². The van der Waals surface area contributed by atoms with E-state index >= 15 is 0 Å². The van der Waals surface area contributed by atoms with Crippen molar-refractivity contribution >= 4 is 11.8 Å². The number of carbonyl (C=O) groups excluding carboxylic acids is 2. The Bertz CT molecular complexity index is 984. The van der Waals surface area contributed by atoms with E-state index in [1.807, 2.05) is 12.1 Å². The maximum Gasteiger partial charge on any atom is 0.253 e. The van der Waals surface area contributed by atoms with Gasteiger partial charge in [0.1, 0.15) is 5.75 Å². The summed E-state index contributed by atoms with van der Waals surface area (Å²) in [6.45, 7) is 1.73. The lowest BCUT2D eigenvalue weighted by atomic mass is 9.88. The number of hydrogen-bond donors (Lipinski definition) is 1. The third-order valence-electron chi connectivity index (χ3n) is 6.22. The maximum absolute atomic E-state index is 13.3. The minimum absolute atomic E-state index is 0.107. The molecule has 190 valence electrons. The summed E-state index contributed by atoms with van der Waals surface area (Å²) in [5, 5.41) is 2.99. The Morgan fingerprint density at radius 1 is 0.914 bits per heavy atom. The molecule has 2 amide bonds. The molecule has 0 spiro atoms. The number of nitrogens with zero attached hydrogens (tertiary/aromatic N) is 1. The van der Waals surface area contributed by atoms with Crippen LogP contribution in [0.15, 0.2) is 36.4 Å². The number of rotatable bonds is 11. The van der Waals surface area contributed by atoms with Gasteiger partial charge >= 0.3 is 0 Å². The minimum Gasteiger partial charge on any atom is -0.497 e. The zero-order valence-corrected chi connectivity index (χ0v) is 21.0. The summed E-state index contributed by atoms with van der Waals surface area (Å²) in [6.07, 6.45) is 0.707. The van der Waals surface area contributed by atoms with Crippen LogP contribution in [0, 0.1) is 5.92 Å². The Labute approximate surface area is 206 Å². The highest BCUT2D eigenvalue weighted by atomic mass is 16.5. The van der Waals surface area contributed by atoms with Gasteiger partial charge < -0.3 is 33.9 Å². The van der Waals surface area contributed by atoms with Crippen molar-refractivity contribution in [2.45, 2.75) is 12.3 Å². The van der Waals surface area contributed by atoms with Crippen LogP contribution in [0.1, 0.15) is 28.3 Å². The van der Waals surface area contributed by atoms with Crippen molar-refractivity contribution in [3.8, 4) is 23.0 Å². The van der Waals surface area contributed by atoms with Gasteiger partial charge in [0.05, 0.1) is 34.4 Å². The highest BCUT2D eigenvalue weighted by Crippen LogP contribution is 2.43. The lowest BCUT2D eigenvalue weighted by Crippen LogP contribution is -2.36. The van der Waals surface area contributed by atoms with Gasteiger partial charge in [0, 0.05) is 44.8 Å². The topological polar surface area (TPSA) is 95.6 Å². The Hall–Kier alpha value is -3.46. The average Bonchev–Trinajstić information content (AvgIpc) is 3.35. The number of amides is 2. The van der Waals surface area contributed by atoms with E-state index in [1.165, 1.54) is 0 Å². The fourth-order valence-electron chi connectivity index (χ4n) is 4.36. The first-order valence-corrected chi connectivity index (χ1v) is 11.5. The number of carbonyl (C=O) groups is 2. The molecule has 0 unspecified atom stereocenters. The van der Waals surface area contributed by atoms with E-state index in [2.05, 4.69) is 5.32 Å². The van der Waals surface area contributed by atoms with E-state index in [4.69, 9.17) is 23.7 Å². The van der Waals surface area contributed by atoms with Gasteiger partial charge in [-0.2, -0.15) is 0 Å². The molecule has 0 aromatic heterocycles. The quantitative estimate of drug-likeness (QED) is 0.488. The number of hydrogen-bond acceptors (Lipinski definition) is 7. The molecule has 0 radical (unpaired) electrons. The normalized spacial score (nSPS) is 17.1. The standard InChI is InChI=1S/C26H34N2O7/c1-31-12-6-11-27-25(29)21-16-28(26(30)17-7-9-19(32-2)10-8-17)15-20(21)18-13-22(33-3)24(35-5)23(14-18)34-4/h7-10,13-14,20-21H,6,11-12,15-16H2,1-5H3,(H,27,29)/t20-,21-/m1/s1. The van der Waals surface area contributed by atoms with Gasteiger partial charge in [-0.25, -0.2) is 0 Å². The zero-order chi connectivity index (χ0) is 25.4. The van der Waals surface area contributed by atoms with Gasteiger partial charge in [-0.05, 0) is 48.4 Å². The van der Waals surface area contributed by atoms with Crippen LogP contribution in [0.25, 0.3) is 0 Å². The third-order valence-corrected chi connectivity index (χ3v) is 6.22. The smallest absolute Gasteiger partial charge is 0.253 e. The molecule has 1 aliphatic heterocycles. The monoisotopic (exact) mass is 486 g/mol. The first-order valence-electron chi connectivity index (χ1n) is 11.5. The summed E-state index contributed by atoms with van der Waals surface area (Å²) < 4.78 is 26.8. The minimum atomic E-state index is -0.442. The fourth-order valence-corrected chi connectivity index (χ4v) is 4.36. The second-order valence-corrected chi connectivity index (χ2v) is 8.25. The van der Waals surface area contributed by atoms with Crippen LogP contribution in [0.4, 0.5) is 0 Å². The molecule has 2 aromatic rings. The number of benzene rings is 2. The van der Waals surface area contributed by atoms with Gasteiger partial charge in [-0.1, -0.05) is 0 Å². The van der Waals surface area contributed by atoms with Gasteiger partial charge in [-0.15, -0.1) is 0 Å². The second-order valence-electron chi connectivity index (χ2n) is 8.25. The van der Waals surface area contributed by atoms with Crippen molar-refractivity contribution in [1.29, 1.82) is 0 Å². The molecule has 9 nitrogen and oxygen atoms in total. The number of nitrogens with one attached hydrogen (secondary N) is 1. The summed E-state index contributed by atoms with van der Waals surface area (Å²) in [5.74, 6) is 1.21. The van der Waals surface area contributed by atoms with Crippen LogP contribution >= 0.6 is 0 Å². The zero-order valence-electron chi connectivity index (χ0n) is 21.0. The first kappa shape index (κ1) is 26.2. The molecule has 0 aliphatic carbocycles. The Balaban J connectivity index is 1.91. The lowest BCUT2D eigenvalue weighted by molar-refractivity contribution is -0.125. The third kappa shape index (κ3) is 5.97. The van der Waals surface area contributed by atoms with E-state index in [9.17, 15) is 9.59 Å². The molecule has 1 N–H and O–H groups in total. The Morgan fingerprint density at radius 3 is 2.11 bits per heavy atom. The highest BCUT2D eigenvalue weighted by molar-refractivity contribution is 5.95. The summed E-state index contributed by atoms with van der Waals surface area (Å²) in [5.41, 5.74) is 1.37. The van der Waals surface area contributed by atoms with Crippen molar-refractivity contribution in [1.82, 2.24) is 10.2 Å². The Morgan fingerprint density at radius 2 is 1.57 bits per heavy atom. The summed E-state index contributed by atoms with van der Waals surface area (Å²) in [4.78, 5) is 28.2. The molecule has 0 bridgehead atoms. The molecule has 2 atom stereocenters. The Kier molecular flexibility index (Phi) is 9.19. The molecule has 1 saturated heterocycles. The molecule has 0 saturated carbocycles. The van der Waals surface area contributed by atoms with Crippen LogP contribution < -0.4 is 24.3 Å². The van der Waals surface area contributed by atoms with Crippen LogP contribution in [0.5, 0.6) is 23.0 Å². The van der Waals surface area contributed by atoms with E-state index in [-0.39, 0.29) is 17.7 Å². The first-order chi connectivity index (χ1) is 17.0. The van der Waals surface area contributed by atoms with Crippen LogP contribution in [-0.4, -0.2) is 78.5 Å². The lowest BCUT2D eigenvalue weighted by Gasteiger charge is -2.21. The molecule has 3 rings (SSSR count). The van der Waals surface area contributed by atoms with Crippen LogP contribution in [-0.2, 0) is 9.53 Å². The van der Waals surface area contributed by atoms with E-state index in [1.54, 1.807) is 64.7 Å². The van der Waals surface area contributed by atoms with E-state index in [0.29, 0.717) is 61.2 Å². The molecule has 1 aliphatic rings. The maximum atomic E-state index is 13.3. The summed E-state index contributed by atoms with van der Waals surface area (Å²) in [6, 6.07) is 10.7. The number of ether oxygens (including phenoxy) is 5. The molecular weight excluding hydrogens is 452 g/mol. The van der Waals surface area contributed by atoms with Gasteiger partial charge in [-0.3, -0.25) is 9.59 Å². The number of methoxy groups -OCH3 is 5. The second kappa shape index (κ2) is 12.3. The SMILES string of the molecule is COCCCNC(=O)[C@@H]1CN(C(=O)c2ccc(OC)cc2)C[C@@H]1c1cc(OC)c(OC)c(OC)c1. The molecule has 1 fully saturated rings. The predicted molar refractivity (Wildman–Crippen MR) is 131 cm³/mol. The number of likely N-dealkylation sites (tertiary alicyclic amines) is 1. The van der Waals surface area contributed by atoms with Gasteiger partial charge in [0.2, 0.25) is 11.7 Å². The van der Waals surface area contributed by atoms with Crippen molar-refractivity contribution < 1.29 is 33.3 Å². The molecule has 1 heterocycles. The fraction of sp³-hybridized carbons (Fsp3) is 0.462. The van der Waals surface area contributed by atoms with E-state index < -0.39 is 5.92 Å². The molecule has 35 heavy (non-hydrogen) atoms. The van der Waals surface area contributed by atoms with Crippen LogP contribution in [0.3, 0.4) is 0 Å². The highest BCUT2D eigenvalue weighted by Gasteiger charge is 2.41. The van der Waals surface area contributed by atoms with Crippen molar-refractivity contribution in [3.63, 3.8) is 0 Å². The van der Waals surface area contributed by atoms with Crippen molar-refractivity contribution in [2.24, 2.45) is 5.92 Å². The van der Waals surface area contributed by atoms with E-state index in [0.717, 1.165) is 5.56 Å². The van der Waals surface area contributed by atoms with Crippen LogP contribution in [0.2, 0.25) is 0 Å². The van der Waals surface area contributed by atoms with Gasteiger partial charge in [0.25, 0.3) is 5.91 Å². The van der Waals surface area contributed by atoms with Gasteiger partial charge in [0.15, 0.2) is 11.5 Å². The summed E-state index contributed by atoms with van der Waals surface area (Å²) in [7, 11) is 7.85. The summed E-state index contributed by atoms with van der Waals surface area (Å²) >= 11 is 0. The largest absolute Gasteiger partial charge is 0.497 e.